The second kappa shape index (κ2) is 7.77. The van der Waals surface area contributed by atoms with Gasteiger partial charge in [-0.3, -0.25) is 4.79 Å². The van der Waals surface area contributed by atoms with Crippen LogP contribution in [0.4, 0.5) is 15.8 Å². The highest BCUT2D eigenvalue weighted by Crippen LogP contribution is 2.21. The van der Waals surface area contributed by atoms with Gasteiger partial charge in [-0.05, 0) is 49.5 Å². The molecule has 0 aliphatic carbocycles. The first-order valence-corrected chi connectivity index (χ1v) is 9.03. The Hall–Kier alpha value is -3.26. The smallest absolute Gasteiger partial charge is 0.313 e. The molecule has 4 rings (SSSR count). The highest BCUT2D eigenvalue weighted by molar-refractivity contribution is 6.01. The summed E-state index contributed by atoms with van der Waals surface area (Å²) >= 11 is 0. The van der Waals surface area contributed by atoms with E-state index in [2.05, 4.69) is 32.4 Å². The number of likely N-dealkylation sites (N-methyl/N-ethyl adjacent to an activating group) is 1. The first-order chi connectivity index (χ1) is 13.6. The number of hydrogen-bond donors (Lipinski definition) is 1. The molecule has 1 saturated heterocycles. The number of rotatable bonds is 4. The third kappa shape index (κ3) is 4.01. The Morgan fingerprint density at radius 1 is 1.07 bits per heavy atom. The number of nitrogens with one attached hydrogen (secondary N) is 1. The molecule has 0 bridgehead atoms. The second-order valence-electron chi connectivity index (χ2n) is 6.71. The lowest BCUT2D eigenvalue weighted by Crippen LogP contribution is -2.44. The summed E-state index contributed by atoms with van der Waals surface area (Å²) in [4.78, 5) is 17.0. The predicted molar refractivity (Wildman–Crippen MR) is 104 cm³/mol. The van der Waals surface area contributed by atoms with Crippen molar-refractivity contribution in [1.29, 1.82) is 0 Å². The monoisotopic (exact) mass is 381 g/mol. The van der Waals surface area contributed by atoms with E-state index in [0.29, 0.717) is 11.3 Å². The zero-order valence-corrected chi connectivity index (χ0v) is 15.4. The standard InChI is InChI=1S/C20H20FN5O2/c1-25-9-11-26(12-10-25)17-7-5-16(6-8-17)22-18(27)20-24-23-19(28-20)14-3-2-4-15(21)13-14/h2-8,13H,9-12H2,1H3,(H,22,27). The lowest BCUT2D eigenvalue weighted by Gasteiger charge is -2.34. The molecule has 1 N–H and O–H groups in total. The van der Waals surface area contributed by atoms with Gasteiger partial charge in [-0.2, -0.15) is 0 Å². The Balaban J connectivity index is 1.41. The van der Waals surface area contributed by atoms with Gasteiger partial charge in [-0.25, -0.2) is 4.39 Å². The van der Waals surface area contributed by atoms with Crippen LogP contribution >= 0.6 is 0 Å². The molecule has 0 unspecified atom stereocenters. The minimum atomic E-state index is -0.512. The lowest BCUT2D eigenvalue weighted by atomic mass is 10.2. The normalized spacial score (nSPS) is 14.9. The molecule has 1 aliphatic rings. The van der Waals surface area contributed by atoms with E-state index >= 15 is 0 Å². The third-order valence-corrected chi connectivity index (χ3v) is 4.68. The molecule has 0 radical (unpaired) electrons. The first kappa shape index (κ1) is 18.1. The Labute approximate surface area is 161 Å². The average Bonchev–Trinajstić information content (AvgIpc) is 3.20. The van der Waals surface area contributed by atoms with Crippen LogP contribution in [0.5, 0.6) is 0 Å². The Morgan fingerprint density at radius 3 is 2.54 bits per heavy atom. The van der Waals surface area contributed by atoms with Crippen LogP contribution in [0.15, 0.2) is 52.9 Å². The van der Waals surface area contributed by atoms with Crippen molar-refractivity contribution in [2.75, 3.05) is 43.4 Å². The average molecular weight is 381 g/mol. The van der Waals surface area contributed by atoms with E-state index in [9.17, 15) is 9.18 Å². The molecule has 28 heavy (non-hydrogen) atoms. The van der Waals surface area contributed by atoms with Gasteiger partial charge in [0.25, 0.3) is 0 Å². The summed E-state index contributed by atoms with van der Waals surface area (Å²) in [6.45, 7) is 4.02. The van der Waals surface area contributed by atoms with Crippen LogP contribution in [0.3, 0.4) is 0 Å². The molecule has 144 valence electrons. The van der Waals surface area contributed by atoms with E-state index in [4.69, 9.17) is 4.42 Å². The molecular formula is C20H20FN5O2. The molecule has 2 aromatic carbocycles. The topological polar surface area (TPSA) is 74.5 Å². The van der Waals surface area contributed by atoms with Gasteiger partial charge in [0.2, 0.25) is 5.89 Å². The van der Waals surface area contributed by atoms with Crippen molar-refractivity contribution >= 4 is 17.3 Å². The SMILES string of the molecule is CN1CCN(c2ccc(NC(=O)c3nnc(-c4cccc(F)c4)o3)cc2)CC1. The van der Waals surface area contributed by atoms with Crippen LogP contribution in [0, 0.1) is 5.82 Å². The van der Waals surface area contributed by atoms with E-state index in [0.717, 1.165) is 31.9 Å². The van der Waals surface area contributed by atoms with Gasteiger partial charge in [0.05, 0.1) is 0 Å². The van der Waals surface area contributed by atoms with Gasteiger partial charge in [0.15, 0.2) is 0 Å². The van der Waals surface area contributed by atoms with Crippen LogP contribution in [-0.4, -0.2) is 54.2 Å². The number of hydrogen-bond acceptors (Lipinski definition) is 6. The second-order valence-corrected chi connectivity index (χ2v) is 6.71. The molecule has 8 heteroatoms. The van der Waals surface area contributed by atoms with Crippen molar-refractivity contribution < 1.29 is 13.6 Å². The molecule has 3 aromatic rings. The summed E-state index contributed by atoms with van der Waals surface area (Å²) in [5.74, 6) is -1.01. The van der Waals surface area contributed by atoms with E-state index in [1.54, 1.807) is 6.07 Å². The minimum Gasteiger partial charge on any atom is -0.412 e. The quantitative estimate of drug-likeness (QED) is 0.749. The third-order valence-electron chi connectivity index (χ3n) is 4.68. The van der Waals surface area contributed by atoms with E-state index in [1.165, 1.54) is 18.2 Å². The Morgan fingerprint density at radius 2 is 1.82 bits per heavy atom. The van der Waals surface area contributed by atoms with Crippen molar-refractivity contribution in [2.24, 2.45) is 0 Å². The fourth-order valence-electron chi connectivity index (χ4n) is 3.06. The number of carbonyl (C=O) groups is 1. The molecule has 1 amide bonds. The number of benzene rings is 2. The van der Waals surface area contributed by atoms with Crippen molar-refractivity contribution in [3.8, 4) is 11.5 Å². The fourth-order valence-corrected chi connectivity index (χ4v) is 3.06. The number of aromatic nitrogens is 2. The lowest BCUT2D eigenvalue weighted by molar-refractivity contribution is 0.0991. The zero-order chi connectivity index (χ0) is 19.5. The highest BCUT2D eigenvalue weighted by atomic mass is 19.1. The van der Waals surface area contributed by atoms with Gasteiger partial charge >= 0.3 is 11.8 Å². The number of piperazine rings is 1. The maximum Gasteiger partial charge on any atom is 0.313 e. The van der Waals surface area contributed by atoms with E-state index in [1.807, 2.05) is 24.3 Å². The molecule has 2 heterocycles. The molecule has 0 spiro atoms. The molecule has 7 nitrogen and oxygen atoms in total. The zero-order valence-electron chi connectivity index (χ0n) is 15.4. The molecule has 1 aliphatic heterocycles. The van der Waals surface area contributed by atoms with Gasteiger partial charge in [-0.1, -0.05) is 6.07 Å². The van der Waals surface area contributed by atoms with Gasteiger partial charge < -0.3 is 19.5 Å². The van der Waals surface area contributed by atoms with Gasteiger partial charge in [0, 0.05) is 43.1 Å². The number of amides is 1. The molecule has 1 aromatic heterocycles. The molecule has 1 fully saturated rings. The molecule has 0 atom stereocenters. The number of anilines is 2. The van der Waals surface area contributed by atoms with Crippen molar-refractivity contribution in [3.05, 3.63) is 60.2 Å². The van der Waals surface area contributed by atoms with Crippen LogP contribution < -0.4 is 10.2 Å². The van der Waals surface area contributed by atoms with Crippen LogP contribution in [0.1, 0.15) is 10.7 Å². The summed E-state index contributed by atoms with van der Waals surface area (Å²) in [7, 11) is 2.12. The van der Waals surface area contributed by atoms with Crippen molar-refractivity contribution in [2.45, 2.75) is 0 Å². The van der Waals surface area contributed by atoms with Crippen LogP contribution in [-0.2, 0) is 0 Å². The Kier molecular flexibility index (Phi) is 5.03. The summed E-state index contributed by atoms with van der Waals surface area (Å²) < 4.78 is 18.7. The summed E-state index contributed by atoms with van der Waals surface area (Å²) in [5.41, 5.74) is 2.17. The molecule has 0 saturated carbocycles. The van der Waals surface area contributed by atoms with Crippen molar-refractivity contribution in [3.63, 3.8) is 0 Å². The highest BCUT2D eigenvalue weighted by Gasteiger charge is 2.17. The van der Waals surface area contributed by atoms with Gasteiger partial charge in [0.1, 0.15) is 5.82 Å². The maximum absolute atomic E-state index is 13.3. The fraction of sp³-hybridized carbons (Fsp3) is 0.250. The Bertz CT molecular complexity index is 965. The summed E-state index contributed by atoms with van der Waals surface area (Å²) in [6.07, 6.45) is 0. The van der Waals surface area contributed by atoms with Crippen molar-refractivity contribution in [1.82, 2.24) is 15.1 Å². The predicted octanol–water partition coefficient (Wildman–Crippen LogP) is 2.88. The minimum absolute atomic E-state index is 0.0927. The number of carbonyl (C=O) groups excluding carboxylic acids is 1. The van der Waals surface area contributed by atoms with Gasteiger partial charge in [-0.15, -0.1) is 10.2 Å². The summed E-state index contributed by atoms with van der Waals surface area (Å²) in [6, 6.07) is 13.4. The molecular weight excluding hydrogens is 361 g/mol. The van der Waals surface area contributed by atoms with E-state index in [-0.39, 0.29) is 11.8 Å². The number of halogens is 1. The largest absolute Gasteiger partial charge is 0.412 e. The van der Waals surface area contributed by atoms with E-state index < -0.39 is 11.7 Å². The maximum atomic E-state index is 13.3. The number of nitrogens with zero attached hydrogens (tertiary/aromatic N) is 4. The first-order valence-electron chi connectivity index (χ1n) is 9.03. The van der Waals surface area contributed by atoms with Crippen LogP contribution in [0.25, 0.3) is 11.5 Å². The summed E-state index contributed by atoms with van der Waals surface area (Å²) in [5, 5.41) is 10.3. The van der Waals surface area contributed by atoms with Crippen LogP contribution in [0.2, 0.25) is 0 Å².